The number of imidazole rings is 1. The highest BCUT2D eigenvalue weighted by Gasteiger charge is 2.33. The van der Waals surface area contributed by atoms with Crippen molar-refractivity contribution in [3.8, 4) is 10.8 Å². The molecule has 0 unspecified atom stereocenters. The second-order valence-corrected chi connectivity index (χ2v) is 8.13. The number of nitrogens with zero attached hydrogens (tertiary/aromatic N) is 2. The van der Waals surface area contributed by atoms with Gasteiger partial charge in [0, 0.05) is 11.6 Å². The first-order valence-corrected chi connectivity index (χ1v) is 10.8. The molecule has 0 aliphatic rings. The average Bonchev–Trinajstić information content (AvgIpc) is 3.45. The lowest BCUT2D eigenvalue weighted by Gasteiger charge is -2.13. The molecule has 0 N–H and O–H groups in total. The minimum absolute atomic E-state index is 0.0712. The van der Waals surface area contributed by atoms with Crippen LogP contribution in [-0.2, 0) is 22.3 Å². The summed E-state index contributed by atoms with van der Waals surface area (Å²) in [7, 11) is 1.20. The Kier molecular flexibility index (Phi) is 6.61. The number of fused-ring (bicyclic) bond motifs is 1. The zero-order chi connectivity index (χ0) is 25.2. The van der Waals surface area contributed by atoms with E-state index < -0.39 is 30.3 Å². The fourth-order valence-corrected chi connectivity index (χ4v) is 4.36. The van der Waals surface area contributed by atoms with E-state index in [-0.39, 0.29) is 21.8 Å². The Morgan fingerprint density at radius 2 is 1.91 bits per heavy atom. The zero-order valence-electron chi connectivity index (χ0n) is 18.2. The van der Waals surface area contributed by atoms with Gasteiger partial charge in [-0.3, -0.25) is 4.57 Å². The van der Waals surface area contributed by atoms with Gasteiger partial charge in [-0.1, -0.05) is 24.8 Å². The van der Waals surface area contributed by atoms with Crippen molar-refractivity contribution in [3.63, 3.8) is 0 Å². The van der Waals surface area contributed by atoms with Crippen LogP contribution in [0.25, 0.3) is 16.0 Å². The Labute approximate surface area is 201 Å². The van der Waals surface area contributed by atoms with E-state index in [1.807, 2.05) is 0 Å². The normalized spacial score (nSPS) is 11.3. The summed E-state index contributed by atoms with van der Waals surface area (Å²) in [5.74, 6) is -1.21. The Balaban J connectivity index is 1.68. The lowest BCUT2D eigenvalue weighted by molar-refractivity contribution is -0.138. The van der Waals surface area contributed by atoms with Crippen LogP contribution in [0.4, 0.5) is 13.2 Å². The van der Waals surface area contributed by atoms with Crippen molar-refractivity contribution in [2.24, 2.45) is 0 Å². The molecular formula is C24H17F3N2O5S. The number of esters is 2. The van der Waals surface area contributed by atoms with Crippen molar-refractivity contribution in [2.75, 3.05) is 7.11 Å². The summed E-state index contributed by atoms with van der Waals surface area (Å²) in [4.78, 5) is 28.6. The molecule has 0 spiro atoms. The first-order valence-electron chi connectivity index (χ1n) is 10.0. The predicted molar refractivity (Wildman–Crippen MR) is 122 cm³/mol. The fourth-order valence-electron chi connectivity index (χ4n) is 3.36. The fraction of sp³-hybridized carbons (Fsp3) is 0.125. The summed E-state index contributed by atoms with van der Waals surface area (Å²) < 4.78 is 56.9. The van der Waals surface area contributed by atoms with Crippen LogP contribution < -0.4 is 4.74 Å². The molecule has 0 saturated heterocycles. The van der Waals surface area contributed by atoms with Crippen molar-refractivity contribution in [3.05, 3.63) is 89.3 Å². The van der Waals surface area contributed by atoms with Crippen LogP contribution in [0.3, 0.4) is 0 Å². The second kappa shape index (κ2) is 9.63. The van der Waals surface area contributed by atoms with Gasteiger partial charge in [-0.05, 0) is 24.3 Å². The topological polar surface area (TPSA) is 79.6 Å². The predicted octanol–water partition coefficient (Wildman–Crippen LogP) is 5.77. The number of rotatable bonds is 7. The molecule has 0 saturated carbocycles. The molecule has 4 rings (SSSR count). The van der Waals surface area contributed by atoms with E-state index in [4.69, 9.17) is 14.2 Å². The van der Waals surface area contributed by atoms with E-state index in [0.717, 1.165) is 23.7 Å². The van der Waals surface area contributed by atoms with Crippen LogP contribution in [-0.4, -0.2) is 28.6 Å². The molecule has 2 aromatic carbocycles. The van der Waals surface area contributed by atoms with Gasteiger partial charge in [0.15, 0.2) is 4.88 Å². The summed E-state index contributed by atoms with van der Waals surface area (Å²) in [6.45, 7) is 2.94. The maximum Gasteiger partial charge on any atom is 0.416 e. The quantitative estimate of drug-likeness (QED) is 0.236. The first-order chi connectivity index (χ1) is 16.7. The molecule has 0 aliphatic heterocycles. The summed E-state index contributed by atoms with van der Waals surface area (Å²) in [6.07, 6.45) is -2.03. The maximum atomic E-state index is 13.3. The SMILES string of the molecule is C=COC(=O)c1ccc2c(c1)ncn2-c1cc(OCc2ccccc2C(F)(F)F)c(C(=O)OC)s1. The van der Waals surface area contributed by atoms with Crippen LogP contribution >= 0.6 is 11.3 Å². The summed E-state index contributed by atoms with van der Waals surface area (Å²) in [5.41, 5.74) is 0.485. The van der Waals surface area contributed by atoms with Gasteiger partial charge < -0.3 is 14.2 Å². The molecule has 2 aromatic heterocycles. The molecule has 35 heavy (non-hydrogen) atoms. The van der Waals surface area contributed by atoms with Crippen molar-refractivity contribution < 1.29 is 37.0 Å². The smallest absolute Gasteiger partial charge is 0.416 e. The number of hydrogen-bond donors (Lipinski definition) is 0. The average molecular weight is 502 g/mol. The van der Waals surface area contributed by atoms with Gasteiger partial charge >= 0.3 is 18.1 Å². The Bertz CT molecular complexity index is 1420. The van der Waals surface area contributed by atoms with E-state index in [0.29, 0.717) is 16.0 Å². The van der Waals surface area contributed by atoms with Gasteiger partial charge in [0.25, 0.3) is 0 Å². The zero-order valence-corrected chi connectivity index (χ0v) is 19.0. The van der Waals surface area contributed by atoms with Gasteiger partial charge in [-0.15, -0.1) is 11.3 Å². The van der Waals surface area contributed by atoms with E-state index in [9.17, 15) is 22.8 Å². The van der Waals surface area contributed by atoms with Crippen LogP contribution in [0.5, 0.6) is 5.75 Å². The molecule has 0 aliphatic carbocycles. The number of thiophene rings is 1. The molecule has 4 aromatic rings. The number of hydrogen-bond acceptors (Lipinski definition) is 7. The standard InChI is InChI=1S/C24H17F3N2O5S/c1-3-33-22(30)14-8-9-18-17(10-14)28-13-29(18)20-11-19(21(35-20)23(31)32-2)34-12-15-6-4-5-7-16(15)24(25,26)27/h3-11,13H,1,12H2,2H3. The van der Waals surface area contributed by atoms with Crippen LogP contribution in [0.2, 0.25) is 0 Å². The number of carbonyl (C=O) groups excluding carboxylic acids is 2. The number of aromatic nitrogens is 2. The van der Waals surface area contributed by atoms with Gasteiger partial charge in [-0.25, -0.2) is 14.6 Å². The van der Waals surface area contributed by atoms with Crippen molar-refractivity contribution >= 4 is 34.3 Å². The monoisotopic (exact) mass is 502 g/mol. The highest BCUT2D eigenvalue weighted by molar-refractivity contribution is 7.16. The molecule has 2 heterocycles. The van der Waals surface area contributed by atoms with Gasteiger partial charge in [0.2, 0.25) is 0 Å². The minimum Gasteiger partial charge on any atom is -0.487 e. The van der Waals surface area contributed by atoms with E-state index in [1.165, 1.54) is 43.8 Å². The number of halogens is 3. The highest BCUT2D eigenvalue weighted by atomic mass is 32.1. The van der Waals surface area contributed by atoms with E-state index >= 15 is 0 Å². The molecule has 0 fully saturated rings. The summed E-state index contributed by atoms with van der Waals surface area (Å²) in [5, 5.41) is 0.508. The van der Waals surface area contributed by atoms with Crippen molar-refractivity contribution in [1.29, 1.82) is 0 Å². The number of alkyl halides is 3. The Morgan fingerprint density at radius 3 is 2.63 bits per heavy atom. The summed E-state index contributed by atoms with van der Waals surface area (Å²) >= 11 is 1.02. The molecule has 7 nitrogen and oxygen atoms in total. The van der Waals surface area contributed by atoms with Crippen LogP contribution in [0.15, 0.2) is 67.7 Å². The third kappa shape index (κ3) is 4.90. The lowest BCUT2D eigenvalue weighted by atomic mass is 10.1. The number of ether oxygens (including phenoxy) is 3. The highest BCUT2D eigenvalue weighted by Crippen LogP contribution is 2.36. The van der Waals surface area contributed by atoms with Gasteiger partial charge in [0.1, 0.15) is 23.7 Å². The molecule has 0 amide bonds. The van der Waals surface area contributed by atoms with Crippen LogP contribution in [0, 0.1) is 0 Å². The molecule has 0 radical (unpaired) electrons. The van der Waals surface area contributed by atoms with E-state index in [2.05, 4.69) is 11.6 Å². The first kappa shape index (κ1) is 24.0. The van der Waals surface area contributed by atoms with Crippen LogP contribution in [0.1, 0.15) is 31.2 Å². The lowest BCUT2D eigenvalue weighted by Crippen LogP contribution is -2.11. The number of benzene rings is 2. The summed E-state index contributed by atoms with van der Waals surface area (Å²) in [6, 6.07) is 11.3. The Hall–Kier alpha value is -4.12. The molecular weight excluding hydrogens is 485 g/mol. The largest absolute Gasteiger partial charge is 0.487 e. The molecule has 0 bridgehead atoms. The molecule has 180 valence electrons. The number of carbonyl (C=O) groups is 2. The van der Waals surface area contributed by atoms with E-state index in [1.54, 1.807) is 16.7 Å². The van der Waals surface area contributed by atoms with Gasteiger partial charge in [-0.2, -0.15) is 13.2 Å². The molecule has 11 heteroatoms. The van der Waals surface area contributed by atoms with Crippen molar-refractivity contribution in [1.82, 2.24) is 9.55 Å². The third-order valence-corrected chi connectivity index (χ3v) is 6.07. The minimum atomic E-state index is -4.54. The Morgan fingerprint density at radius 1 is 1.14 bits per heavy atom. The second-order valence-electron chi connectivity index (χ2n) is 7.10. The maximum absolute atomic E-state index is 13.3. The van der Waals surface area contributed by atoms with Gasteiger partial charge in [0.05, 0.1) is 35.5 Å². The third-order valence-electron chi connectivity index (χ3n) is 4.97. The van der Waals surface area contributed by atoms with Crippen molar-refractivity contribution in [2.45, 2.75) is 12.8 Å². The molecule has 0 atom stereocenters. The number of methoxy groups -OCH3 is 1.